The number of carboxylic acid groups (broad SMARTS) is 1. The van der Waals surface area contributed by atoms with E-state index in [0.29, 0.717) is 35.9 Å². The quantitative estimate of drug-likeness (QED) is 0.263. The second-order valence-corrected chi connectivity index (χ2v) is 10.4. The van der Waals surface area contributed by atoms with Crippen LogP contribution in [0.25, 0.3) is 22.3 Å². The highest BCUT2D eigenvalue weighted by molar-refractivity contribution is 5.97. The number of hydrogen-bond acceptors (Lipinski definition) is 5. The molecule has 1 amide bonds. The maximum atomic E-state index is 13.3. The van der Waals surface area contributed by atoms with Gasteiger partial charge in [-0.1, -0.05) is 36.4 Å². The molecule has 0 spiro atoms. The lowest BCUT2D eigenvalue weighted by atomic mass is 9.87. The van der Waals surface area contributed by atoms with E-state index in [2.05, 4.69) is 29.6 Å². The molecule has 0 bridgehead atoms. The number of aromatic nitrogens is 2. The number of benzene rings is 3. The third kappa shape index (κ3) is 6.08. The SMILES string of the molecule is CN(C)c1cccc(-c2nc3ccc(C(=O)N[C@@H]4CCCc5ccccc54)cc3nc2CCCCC(=O)O)c1. The fourth-order valence-corrected chi connectivity index (χ4v) is 5.28. The normalized spacial score (nSPS) is 14.6. The highest BCUT2D eigenvalue weighted by Crippen LogP contribution is 2.31. The smallest absolute Gasteiger partial charge is 0.303 e. The van der Waals surface area contributed by atoms with Crippen LogP contribution in [-0.2, 0) is 17.6 Å². The first kappa shape index (κ1) is 26.4. The third-order valence-corrected chi connectivity index (χ3v) is 7.36. The topological polar surface area (TPSA) is 95.4 Å². The molecule has 39 heavy (non-hydrogen) atoms. The molecule has 0 radical (unpaired) electrons. The van der Waals surface area contributed by atoms with Crippen molar-refractivity contribution in [1.82, 2.24) is 15.3 Å². The van der Waals surface area contributed by atoms with Crippen LogP contribution >= 0.6 is 0 Å². The van der Waals surface area contributed by atoms with E-state index in [1.807, 2.05) is 61.5 Å². The van der Waals surface area contributed by atoms with Crippen LogP contribution in [0.1, 0.15) is 65.3 Å². The van der Waals surface area contributed by atoms with Crippen molar-refractivity contribution < 1.29 is 14.7 Å². The third-order valence-electron chi connectivity index (χ3n) is 7.36. The van der Waals surface area contributed by atoms with Crippen molar-refractivity contribution in [2.45, 2.75) is 51.0 Å². The number of amides is 1. The summed E-state index contributed by atoms with van der Waals surface area (Å²) in [5.41, 5.74) is 8.05. The zero-order valence-electron chi connectivity index (χ0n) is 22.5. The summed E-state index contributed by atoms with van der Waals surface area (Å²) in [5.74, 6) is -0.916. The van der Waals surface area contributed by atoms with E-state index in [-0.39, 0.29) is 18.4 Å². The van der Waals surface area contributed by atoms with Crippen molar-refractivity contribution in [1.29, 1.82) is 0 Å². The second kappa shape index (κ2) is 11.6. The standard InChI is InChI=1S/C32H34N4O3/c1-36(2)24-12-7-11-22(19-24)31-28(14-5-6-16-30(37)38)33-29-20-23(17-18-27(29)34-31)32(39)35-26-15-8-10-21-9-3-4-13-25(21)26/h3-4,7,9,11-13,17-20,26H,5-6,8,10,14-16H2,1-2H3,(H,35,39)(H,37,38)/t26-/m1/s1. The van der Waals surface area contributed by atoms with Gasteiger partial charge in [0.15, 0.2) is 0 Å². The number of hydrogen-bond donors (Lipinski definition) is 2. The molecule has 4 aromatic rings. The summed E-state index contributed by atoms with van der Waals surface area (Å²) in [6.45, 7) is 0. The molecule has 200 valence electrons. The molecular formula is C32H34N4O3. The largest absolute Gasteiger partial charge is 0.481 e. The van der Waals surface area contributed by atoms with Gasteiger partial charge in [-0.05, 0) is 80.0 Å². The van der Waals surface area contributed by atoms with Crippen molar-refractivity contribution in [2.75, 3.05) is 19.0 Å². The summed E-state index contributed by atoms with van der Waals surface area (Å²) in [4.78, 5) is 36.3. The molecule has 0 fully saturated rings. The minimum atomic E-state index is -0.797. The molecule has 5 rings (SSSR count). The molecule has 0 unspecified atom stereocenters. The molecule has 1 aromatic heterocycles. The Morgan fingerprint density at radius 2 is 1.82 bits per heavy atom. The number of carboxylic acids is 1. The Morgan fingerprint density at radius 3 is 2.64 bits per heavy atom. The van der Waals surface area contributed by atoms with Crippen LogP contribution in [0.5, 0.6) is 0 Å². The van der Waals surface area contributed by atoms with Gasteiger partial charge in [0, 0.05) is 37.3 Å². The van der Waals surface area contributed by atoms with Crippen LogP contribution in [0.4, 0.5) is 5.69 Å². The average Bonchev–Trinajstić information content (AvgIpc) is 2.94. The van der Waals surface area contributed by atoms with Gasteiger partial charge in [0.05, 0.1) is 28.5 Å². The number of anilines is 1. The molecule has 3 aromatic carbocycles. The Kier molecular flexibility index (Phi) is 7.87. The van der Waals surface area contributed by atoms with Gasteiger partial charge < -0.3 is 15.3 Å². The van der Waals surface area contributed by atoms with Crippen molar-refractivity contribution in [3.63, 3.8) is 0 Å². The van der Waals surface area contributed by atoms with Gasteiger partial charge in [0.25, 0.3) is 5.91 Å². The van der Waals surface area contributed by atoms with E-state index in [4.69, 9.17) is 15.1 Å². The molecule has 0 saturated carbocycles. The lowest BCUT2D eigenvalue weighted by Gasteiger charge is -2.26. The van der Waals surface area contributed by atoms with Gasteiger partial charge in [-0.2, -0.15) is 0 Å². The maximum Gasteiger partial charge on any atom is 0.303 e. The number of carbonyl (C=O) groups excluding carboxylic acids is 1. The molecule has 1 heterocycles. The second-order valence-electron chi connectivity index (χ2n) is 10.4. The van der Waals surface area contributed by atoms with E-state index in [1.165, 1.54) is 11.1 Å². The van der Waals surface area contributed by atoms with Gasteiger partial charge in [-0.25, -0.2) is 9.97 Å². The lowest BCUT2D eigenvalue weighted by Crippen LogP contribution is -2.31. The monoisotopic (exact) mass is 522 g/mol. The Bertz CT molecular complexity index is 1510. The fourth-order valence-electron chi connectivity index (χ4n) is 5.28. The van der Waals surface area contributed by atoms with E-state index in [1.54, 1.807) is 0 Å². The predicted molar refractivity (Wildman–Crippen MR) is 154 cm³/mol. The number of nitrogens with zero attached hydrogens (tertiary/aromatic N) is 3. The molecule has 7 nitrogen and oxygen atoms in total. The number of fused-ring (bicyclic) bond motifs is 2. The van der Waals surface area contributed by atoms with Crippen LogP contribution in [0.3, 0.4) is 0 Å². The zero-order chi connectivity index (χ0) is 27.4. The van der Waals surface area contributed by atoms with Crippen molar-refractivity contribution in [2.24, 2.45) is 0 Å². The van der Waals surface area contributed by atoms with Gasteiger partial charge >= 0.3 is 5.97 Å². The molecule has 1 aliphatic carbocycles. The minimum absolute atomic E-state index is 0.000349. The Labute approximate surface area is 228 Å². The summed E-state index contributed by atoms with van der Waals surface area (Å²) in [7, 11) is 3.99. The van der Waals surface area contributed by atoms with Gasteiger partial charge in [0.2, 0.25) is 0 Å². The molecule has 7 heteroatoms. The summed E-state index contributed by atoms with van der Waals surface area (Å²) < 4.78 is 0. The first-order chi connectivity index (χ1) is 18.9. The predicted octanol–water partition coefficient (Wildman–Crippen LogP) is 5.97. The van der Waals surface area contributed by atoms with Gasteiger partial charge in [-0.15, -0.1) is 0 Å². The number of aliphatic carboxylic acids is 1. The number of nitrogens with one attached hydrogen (secondary N) is 1. The maximum absolute atomic E-state index is 13.3. The molecule has 1 aliphatic rings. The molecule has 1 atom stereocenters. The lowest BCUT2D eigenvalue weighted by molar-refractivity contribution is -0.137. The number of rotatable bonds is 9. The molecule has 2 N–H and O–H groups in total. The summed E-state index contributed by atoms with van der Waals surface area (Å²) in [6, 6.07) is 22.0. The summed E-state index contributed by atoms with van der Waals surface area (Å²) in [5, 5.41) is 12.3. The van der Waals surface area contributed by atoms with E-state index < -0.39 is 5.97 Å². The Morgan fingerprint density at radius 1 is 0.974 bits per heavy atom. The number of unbranched alkanes of at least 4 members (excludes halogenated alkanes) is 1. The number of aryl methyl sites for hydroxylation is 2. The zero-order valence-corrected chi connectivity index (χ0v) is 22.5. The Hall–Kier alpha value is -4.26. The Balaban J connectivity index is 1.46. The molecular weight excluding hydrogens is 488 g/mol. The summed E-state index contributed by atoms with van der Waals surface area (Å²) >= 11 is 0. The van der Waals surface area contributed by atoms with Crippen molar-refractivity contribution in [3.8, 4) is 11.3 Å². The van der Waals surface area contributed by atoms with Crippen LogP contribution < -0.4 is 10.2 Å². The van der Waals surface area contributed by atoms with E-state index in [0.717, 1.165) is 41.9 Å². The highest BCUT2D eigenvalue weighted by Gasteiger charge is 2.22. The van der Waals surface area contributed by atoms with Crippen LogP contribution in [0.15, 0.2) is 66.7 Å². The van der Waals surface area contributed by atoms with Crippen molar-refractivity contribution in [3.05, 3.63) is 89.1 Å². The van der Waals surface area contributed by atoms with Crippen LogP contribution in [-0.4, -0.2) is 41.0 Å². The van der Waals surface area contributed by atoms with Crippen molar-refractivity contribution >= 4 is 28.6 Å². The van der Waals surface area contributed by atoms with E-state index >= 15 is 0 Å². The molecule has 0 aliphatic heterocycles. The first-order valence-corrected chi connectivity index (χ1v) is 13.6. The van der Waals surface area contributed by atoms with Crippen LogP contribution in [0, 0.1) is 0 Å². The van der Waals surface area contributed by atoms with Crippen LogP contribution in [0.2, 0.25) is 0 Å². The highest BCUT2D eigenvalue weighted by atomic mass is 16.4. The van der Waals surface area contributed by atoms with Gasteiger partial charge in [0.1, 0.15) is 0 Å². The average molecular weight is 523 g/mol. The van der Waals surface area contributed by atoms with E-state index in [9.17, 15) is 9.59 Å². The first-order valence-electron chi connectivity index (χ1n) is 13.6. The summed E-state index contributed by atoms with van der Waals surface area (Å²) in [6.07, 6.45) is 5.00. The fraction of sp³-hybridized carbons (Fsp3) is 0.312. The van der Waals surface area contributed by atoms with Gasteiger partial charge in [-0.3, -0.25) is 9.59 Å². The number of carbonyl (C=O) groups is 2. The molecule has 0 saturated heterocycles. The minimum Gasteiger partial charge on any atom is -0.481 e.